The van der Waals surface area contributed by atoms with Crippen LogP contribution in [0.2, 0.25) is 0 Å². The van der Waals surface area contributed by atoms with Crippen LogP contribution in [0.1, 0.15) is 36.0 Å². The Morgan fingerprint density at radius 1 is 1.30 bits per heavy atom. The van der Waals surface area contributed by atoms with Crippen LogP contribution in [0.5, 0.6) is 0 Å². The van der Waals surface area contributed by atoms with E-state index < -0.39 is 0 Å². The highest BCUT2D eigenvalue weighted by atomic mass is 79.9. The summed E-state index contributed by atoms with van der Waals surface area (Å²) in [5.41, 5.74) is 2.47. The van der Waals surface area contributed by atoms with Crippen molar-refractivity contribution in [1.29, 1.82) is 0 Å². The molecule has 0 aliphatic carbocycles. The minimum atomic E-state index is 0.443. The van der Waals surface area contributed by atoms with E-state index in [2.05, 4.69) is 76.6 Å². The number of aromatic nitrogens is 1. The largest absolute Gasteiger partial charge is 0.314 e. The van der Waals surface area contributed by atoms with Gasteiger partial charge in [-0.25, -0.2) is 4.98 Å². The van der Waals surface area contributed by atoms with Gasteiger partial charge in [-0.15, -0.1) is 11.3 Å². The molecule has 1 aromatic carbocycles. The fourth-order valence-electron chi connectivity index (χ4n) is 2.18. The van der Waals surface area contributed by atoms with Gasteiger partial charge in [0.1, 0.15) is 0 Å². The zero-order chi connectivity index (χ0) is 14.5. The molecule has 0 amide bonds. The van der Waals surface area contributed by atoms with E-state index in [0.717, 1.165) is 18.7 Å². The van der Waals surface area contributed by atoms with Gasteiger partial charge in [-0.2, -0.15) is 0 Å². The van der Waals surface area contributed by atoms with E-state index >= 15 is 0 Å². The van der Waals surface area contributed by atoms with Crippen molar-refractivity contribution >= 4 is 27.3 Å². The second-order valence-corrected chi connectivity index (χ2v) is 7.17. The molecule has 0 spiro atoms. The molecule has 0 saturated carbocycles. The summed E-state index contributed by atoms with van der Waals surface area (Å²) in [6.45, 7) is 7.40. The molecule has 20 heavy (non-hydrogen) atoms. The number of rotatable bonds is 6. The van der Waals surface area contributed by atoms with Crippen molar-refractivity contribution in [3.8, 4) is 0 Å². The number of thiazole rings is 1. The van der Waals surface area contributed by atoms with Crippen molar-refractivity contribution in [2.24, 2.45) is 0 Å². The van der Waals surface area contributed by atoms with Crippen LogP contribution < -0.4 is 5.32 Å². The lowest BCUT2D eigenvalue weighted by atomic mass is 9.95. The molecule has 2 nitrogen and oxygen atoms in total. The van der Waals surface area contributed by atoms with Gasteiger partial charge in [0, 0.05) is 40.5 Å². The predicted octanol–water partition coefficient (Wildman–Crippen LogP) is 4.54. The zero-order valence-corrected chi connectivity index (χ0v) is 14.6. The molecule has 1 heterocycles. The lowest BCUT2D eigenvalue weighted by Gasteiger charge is -2.20. The predicted molar refractivity (Wildman–Crippen MR) is 90.6 cm³/mol. The Bertz CT molecular complexity index is 551. The number of benzene rings is 1. The van der Waals surface area contributed by atoms with E-state index in [4.69, 9.17) is 0 Å². The standard InChI is InChI=1S/C16H21BrN2S/c1-11(2)18-9-13(8-16-19-12(3)10-20-16)14-6-4-5-7-15(14)17/h4-7,10-11,13,18H,8-9H2,1-3H3. The molecular formula is C16H21BrN2S. The number of nitrogens with one attached hydrogen (secondary N) is 1. The number of hydrogen-bond donors (Lipinski definition) is 1. The van der Waals surface area contributed by atoms with Crippen LogP contribution >= 0.6 is 27.3 Å². The first-order valence-electron chi connectivity index (χ1n) is 6.95. The summed E-state index contributed by atoms with van der Waals surface area (Å²) in [4.78, 5) is 4.61. The third-order valence-corrected chi connectivity index (χ3v) is 4.92. The average molecular weight is 353 g/mol. The van der Waals surface area contributed by atoms with Crippen LogP contribution in [0.3, 0.4) is 0 Å². The third-order valence-electron chi connectivity index (χ3n) is 3.21. The van der Waals surface area contributed by atoms with Gasteiger partial charge in [0.2, 0.25) is 0 Å². The van der Waals surface area contributed by atoms with Gasteiger partial charge in [0.15, 0.2) is 0 Å². The summed E-state index contributed by atoms with van der Waals surface area (Å²) in [6, 6.07) is 8.99. The van der Waals surface area contributed by atoms with Gasteiger partial charge in [0.25, 0.3) is 0 Å². The Balaban J connectivity index is 2.18. The molecule has 0 radical (unpaired) electrons. The summed E-state index contributed by atoms with van der Waals surface area (Å²) in [6.07, 6.45) is 0.987. The van der Waals surface area contributed by atoms with E-state index in [1.165, 1.54) is 15.0 Å². The van der Waals surface area contributed by atoms with Gasteiger partial charge in [-0.1, -0.05) is 48.0 Å². The maximum atomic E-state index is 4.61. The normalized spacial score (nSPS) is 12.8. The van der Waals surface area contributed by atoms with Gasteiger partial charge in [-0.3, -0.25) is 0 Å². The first-order chi connectivity index (χ1) is 9.56. The molecule has 1 N–H and O–H groups in total. The molecule has 0 aliphatic heterocycles. The van der Waals surface area contributed by atoms with Gasteiger partial charge >= 0.3 is 0 Å². The zero-order valence-electron chi connectivity index (χ0n) is 12.2. The minimum absolute atomic E-state index is 0.443. The second kappa shape index (κ2) is 7.34. The summed E-state index contributed by atoms with van der Waals surface area (Å²) in [5.74, 6) is 0.443. The van der Waals surface area contributed by atoms with Crippen molar-refractivity contribution in [3.63, 3.8) is 0 Å². The van der Waals surface area contributed by atoms with Crippen molar-refractivity contribution in [2.45, 2.75) is 39.2 Å². The smallest absolute Gasteiger partial charge is 0.0934 e. The maximum Gasteiger partial charge on any atom is 0.0934 e. The molecule has 1 unspecified atom stereocenters. The van der Waals surface area contributed by atoms with E-state index in [1.54, 1.807) is 11.3 Å². The monoisotopic (exact) mass is 352 g/mol. The highest BCUT2D eigenvalue weighted by Gasteiger charge is 2.17. The highest BCUT2D eigenvalue weighted by Crippen LogP contribution is 2.28. The Morgan fingerprint density at radius 2 is 2.05 bits per heavy atom. The Labute approximate surface area is 133 Å². The molecule has 4 heteroatoms. The van der Waals surface area contributed by atoms with Crippen LogP contribution in [0.25, 0.3) is 0 Å². The molecule has 0 fully saturated rings. The highest BCUT2D eigenvalue weighted by molar-refractivity contribution is 9.10. The lowest BCUT2D eigenvalue weighted by Crippen LogP contribution is -2.29. The third kappa shape index (κ3) is 4.40. The summed E-state index contributed by atoms with van der Waals surface area (Å²) >= 11 is 5.44. The number of aryl methyl sites for hydroxylation is 1. The van der Waals surface area contributed by atoms with E-state index in [1.807, 2.05) is 0 Å². The van der Waals surface area contributed by atoms with Gasteiger partial charge in [-0.05, 0) is 18.6 Å². The summed E-state index contributed by atoms with van der Waals surface area (Å²) < 4.78 is 1.18. The molecule has 2 rings (SSSR count). The molecule has 1 atom stereocenters. The van der Waals surface area contributed by atoms with Crippen LogP contribution in [-0.2, 0) is 6.42 Å². The summed E-state index contributed by atoms with van der Waals surface area (Å²) in [5, 5.41) is 6.90. The first kappa shape index (κ1) is 15.7. The molecule has 108 valence electrons. The van der Waals surface area contributed by atoms with E-state index in [9.17, 15) is 0 Å². The Hall–Kier alpha value is -0.710. The van der Waals surface area contributed by atoms with Crippen molar-refractivity contribution in [3.05, 3.63) is 50.4 Å². The SMILES string of the molecule is Cc1csc(CC(CNC(C)C)c2ccccc2Br)n1. The van der Waals surface area contributed by atoms with Crippen LogP contribution in [0.15, 0.2) is 34.1 Å². The van der Waals surface area contributed by atoms with Crippen LogP contribution in [0, 0.1) is 6.92 Å². The second-order valence-electron chi connectivity index (χ2n) is 5.37. The molecule has 2 aromatic rings. The molecular weight excluding hydrogens is 332 g/mol. The van der Waals surface area contributed by atoms with Crippen molar-refractivity contribution in [1.82, 2.24) is 10.3 Å². The number of halogens is 1. The molecule has 0 bridgehead atoms. The fourth-order valence-corrected chi connectivity index (χ4v) is 3.65. The summed E-state index contributed by atoms with van der Waals surface area (Å²) in [7, 11) is 0. The van der Waals surface area contributed by atoms with Crippen molar-refractivity contribution in [2.75, 3.05) is 6.54 Å². The fraction of sp³-hybridized carbons (Fsp3) is 0.438. The van der Waals surface area contributed by atoms with Gasteiger partial charge in [0.05, 0.1) is 5.01 Å². The Kier molecular flexibility index (Phi) is 5.75. The molecule has 0 saturated heterocycles. The first-order valence-corrected chi connectivity index (χ1v) is 8.62. The molecule has 0 aliphatic rings. The lowest BCUT2D eigenvalue weighted by molar-refractivity contribution is 0.525. The number of hydrogen-bond acceptors (Lipinski definition) is 3. The average Bonchev–Trinajstić information content (AvgIpc) is 2.81. The van der Waals surface area contributed by atoms with Crippen molar-refractivity contribution < 1.29 is 0 Å². The molecule has 1 aromatic heterocycles. The van der Waals surface area contributed by atoms with Gasteiger partial charge < -0.3 is 5.32 Å². The quantitative estimate of drug-likeness (QED) is 0.825. The van der Waals surface area contributed by atoms with E-state index in [-0.39, 0.29) is 0 Å². The number of nitrogens with zero attached hydrogens (tertiary/aromatic N) is 1. The van der Waals surface area contributed by atoms with Crippen LogP contribution in [-0.4, -0.2) is 17.6 Å². The topological polar surface area (TPSA) is 24.9 Å². The van der Waals surface area contributed by atoms with Crippen LogP contribution in [0.4, 0.5) is 0 Å². The Morgan fingerprint density at radius 3 is 2.65 bits per heavy atom. The minimum Gasteiger partial charge on any atom is -0.314 e. The maximum absolute atomic E-state index is 4.61. The van der Waals surface area contributed by atoms with E-state index in [0.29, 0.717) is 12.0 Å².